The molecule has 4 N–H and O–H groups in total. The summed E-state index contributed by atoms with van der Waals surface area (Å²) in [4.78, 5) is 32.7. The van der Waals surface area contributed by atoms with Crippen LogP contribution in [0.3, 0.4) is 0 Å². The standard InChI is InChI=1S/C29H34N6O4S/c1-17(2)31-29-33-23(16-40-29)24-22-8-5-4-7-20(22)15-34(24)28(39)26(37)25(36)27(38)32-18(3)19-9-11-21(12-10-19)35-14-6-13-30-35/h4-14,16-18,20,22,24-26,36-37H,15H2,1-3H3,(H,31,33)(H,32,38)/t18-,20?,22?,24+,25-,26-/m1/s1. The highest BCUT2D eigenvalue weighted by Gasteiger charge is 2.47. The van der Waals surface area contributed by atoms with E-state index >= 15 is 0 Å². The van der Waals surface area contributed by atoms with Gasteiger partial charge < -0.3 is 25.7 Å². The van der Waals surface area contributed by atoms with Crippen molar-refractivity contribution in [3.63, 3.8) is 0 Å². The van der Waals surface area contributed by atoms with Crippen LogP contribution in [0.5, 0.6) is 0 Å². The molecular weight excluding hydrogens is 528 g/mol. The number of fused-ring (bicyclic) bond motifs is 1. The molecule has 1 saturated heterocycles. The normalized spacial score (nSPS) is 22.1. The predicted molar refractivity (Wildman–Crippen MR) is 153 cm³/mol. The monoisotopic (exact) mass is 562 g/mol. The number of nitrogens with zero attached hydrogens (tertiary/aromatic N) is 4. The maximum absolute atomic E-state index is 13.5. The second-order valence-electron chi connectivity index (χ2n) is 10.5. The highest BCUT2D eigenvalue weighted by atomic mass is 32.1. The Balaban J connectivity index is 1.27. The number of carbonyl (C=O) groups excluding carboxylic acids is 2. The summed E-state index contributed by atoms with van der Waals surface area (Å²) in [5.74, 6) is -1.50. The van der Waals surface area contributed by atoms with Crippen LogP contribution in [-0.4, -0.2) is 66.5 Å². The predicted octanol–water partition coefficient (Wildman–Crippen LogP) is 2.99. The summed E-state index contributed by atoms with van der Waals surface area (Å²) in [5, 5.41) is 34.5. The molecule has 3 heterocycles. The lowest BCUT2D eigenvalue weighted by molar-refractivity contribution is -0.154. The fraction of sp³-hybridized carbons (Fsp3) is 0.379. The Morgan fingerprint density at radius 3 is 2.52 bits per heavy atom. The number of rotatable bonds is 9. The molecule has 210 valence electrons. The van der Waals surface area contributed by atoms with Gasteiger partial charge in [-0.1, -0.05) is 36.4 Å². The maximum atomic E-state index is 13.5. The summed E-state index contributed by atoms with van der Waals surface area (Å²) in [6.45, 7) is 6.17. The first-order chi connectivity index (χ1) is 19.2. The van der Waals surface area contributed by atoms with E-state index in [1.54, 1.807) is 22.7 Å². The molecule has 2 unspecified atom stereocenters. The summed E-state index contributed by atoms with van der Waals surface area (Å²) in [6, 6.07) is 8.59. The number of aromatic nitrogens is 3. The Bertz CT molecular complexity index is 1380. The van der Waals surface area contributed by atoms with E-state index < -0.39 is 36.1 Å². The van der Waals surface area contributed by atoms with Crippen LogP contribution in [0.2, 0.25) is 0 Å². The Kier molecular flexibility index (Phi) is 8.15. The van der Waals surface area contributed by atoms with Gasteiger partial charge in [-0.05, 0) is 44.5 Å². The van der Waals surface area contributed by atoms with E-state index in [0.717, 1.165) is 16.4 Å². The Hall–Kier alpha value is -3.80. The molecule has 11 heteroatoms. The van der Waals surface area contributed by atoms with Crippen molar-refractivity contribution in [1.29, 1.82) is 0 Å². The van der Waals surface area contributed by atoms with Crippen molar-refractivity contribution < 1.29 is 19.8 Å². The molecule has 5 rings (SSSR count). The molecule has 1 aliphatic heterocycles. The van der Waals surface area contributed by atoms with Crippen molar-refractivity contribution in [2.24, 2.45) is 11.8 Å². The molecule has 2 aromatic heterocycles. The number of likely N-dealkylation sites (tertiary alicyclic amines) is 1. The van der Waals surface area contributed by atoms with E-state index in [9.17, 15) is 19.8 Å². The van der Waals surface area contributed by atoms with Crippen LogP contribution in [0.1, 0.15) is 44.1 Å². The Morgan fingerprint density at radius 1 is 1.07 bits per heavy atom. The summed E-state index contributed by atoms with van der Waals surface area (Å²) in [7, 11) is 0. The summed E-state index contributed by atoms with van der Waals surface area (Å²) >= 11 is 1.46. The van der Waals surface area contributed by atoms with Crippen LogP contribution in [-0.2, 0) is 9.59 Å². The molecule has 2 amide bonds. The van der Waals surface area contributed by atoms with Gasteiger partial charge in [-0.2, -0.15) is 5.10 Å². The third kappa shape index (κ3) is 5.72. The van der Waals surface area contributed by atoms with Gasteiger partial charge in [0.15, 0.2) is 17.3 Å². The molecule has 1 aromatic carbocycles. The van der Waals surface area contributed by atoms with Crippen molar-refractivity contribution in [3.8, 4) is 5.69 Å². The van der Waals surface area contributed by atoms with Crippen molar-refractivity contribution in [2.45, 2.75) is 51.1 Å². The molecular formula is C29H34N6O4S. The van der Waals surface area contributed by atoms with Crippen LogP contribution < -0.4 is 10.6 Å². The second-order valence-corrected chi connectivity index (χ2v) is 11.3. The van der Waals surface area contributed by atoms with E-state index in [1.807, 2.05) is 80.1 Å². The van der Waals surface area contributed by atoms with Gasteiger partial charge in [0, 0.05) is 42.2 Å². The smallest absolute Gasteiger partial charge is 0.255 e. The van der Waals surface area contributed by atoms with Gasteiger partial charge in [0.25, 0.3) is 11.8 Å². The minimum absolute atomic E-state index is 0.0224. The van der Waals surface area contributed by atoms with E-state index in [0.29, 0.717) is 12.2 Å². The first-order valence-electron chi connectivity index (χ1n) is 13.4. The molecule has 0 bridgehead atoms. The molecule has 2 aliphatic rings. The zero-order chi connectivity index (χ0) is 28.4. The van der Waals surface area contributed by atoms with Gasteiger partial charge in [0.05, 0.1) is 23.5 Å². The first kappa shape index (κ1) is 27.8. The highest BCUT2D eigenvalue weighted by molar-refractivity contribution is 7.13. The molecule has 0 radical (unpaired) electrons. The third-order valence-electron chi connectivity index (χ3n) is 7.27. The summed E-state index contributed by atoms with van der Waals surface area (Å²) in [6.07, 6.45) is 7.65. The molecule has 1 aliphatic carbocycles. The van der Waals surface area contributed by atoms with Crippen LogP contribution in [0.4, 0.5) is 5.13 Å². The van der Waals surface area contributed by atoms with E-state index in [4.69, 9.17) is 4.98 Å². The van der Waals surface area contributed by atoms with Gasteiger partial charge in [-0.25, -0.2) is 9.67 Å². The molecule has 1 fully saturated rings. The summed E-state index contributed by atoms with van der Waals surface area (Å²) in [5.41, 5.74) is 2.38. The lowest BCUT2D eigenvalue weighted by atomic mass is 9.86. The van der Waals surface area contributed by atoms with Crippen molar-refractivity contribution in [1.82, 2.24) is 25.0 Å². The minimum Gasteiger partial charge on any atom is -0.380 e. The second kappa shape index (κ2) is 11.7. The van der Waals surface area contributed by atoms with Gasteiger partial charge in [-0.15, -0.1) is 11.3 Å². The maximum Gasteiger partial charge on any atom is 0.255 e. The van der Waals surface area contributed by atoms with Crippen molar-refractivity contribution >= 4 is 28.3 Å². The number of nitrogens with one attached hydrogen (secondary N) is 2. The Morgan fingerprint density at radius 2 is 1.82 bits per heavy atom. The topological polar surface area (TPSA) is 133 Å². The highest BCUT2D eigenvalue weighted by Crippen LogP contribution is 2.44. The third-order valence-corrected chi connectivity index (χ3v) is 8.06. The van der Waals surface area contributed by atoms with Crippen molar-refractivity contribution in [2.75, 3.05) is 11.9 Å². The van der Waals surface area contributed by atoms with E-state index in [-0.39, 0.29) is 17.9 Å². The SMILES string of the molecule is CC(C)Nc1nc([C@@H]2C3C=CC=CC3CN2C(=O)[C@H](O)[C@@H](O)C(=O)N[C@H](C)c2ccc(-n3cccn3)cc2)cs1. The number of anilines is 1. The van der Waals surface area contributed by atoms with Crippen LogP contribution in [0.15, 0.2) is 72.4 Å². The van der Waals surface area contributed by atoms with E-state index in [1.165, 1.54) is 11.3 Å². The Labute approximate surface area is 237 Å². The van der Waals surface area contributed by atoms with Gasteiger partial charge in [0.1, 0.15) is 0 Å². The lowest BCUT2D eigenvalue weighted by Crippen LogP contribution is -2.51. The number of aliphatic hydroxyl groups is 2. The summed E-state index contributed by atoms with van der Waals surface area (Å²) < 4.78 is 1.72. The van der Waals surface area contributed by atoms with Crippen LogP contribution in [0.25, 0.3) is 5.69 Å². The molecule has 40 heavy (non-hydrogen) atoms. The fourth-order valence-corrected chi connectivity index (χ4v) is 6.11. The molecule has 10 nitrogen and oxygen atoms in total. The first-order valence-corrected chi connectivity index (χ1v) is 14.2. The number of hydrogen-bond acceptors (Lipinski definition) is 8. The number of benzene rings is 1. The number of allylic oxidation sites excluding steroid dienone is 2. The number of aliphatic hydroxyl groups excluding tert-OH is 2. The van der Waals surface area contributed by atoms with E-state index in [2.05, 4.69) is 15.7 Å². The quantitative estimate of drug-likeness (QED) is 0.315. The van der Waals surface area contributed by atoms with Gasteiger partial charge in [-0.3, -0.25) is 9.59 Å². The molecule has 0 spiro atoms. The van der Waals surface area contributed by atoms with Crippen LogP contribution in [0, 0.1) is 11.8 Å². The lowest BCUT2D eigenvalue weighted by Gasteiger charge is -2.29. The average Bonchev–Trinajstić information content (AvgIpc) is 3.71. The molecule has 3 aromatic rings. The number of carbonyl (C=O) groups is 2. The van der Waals surface area contributed by atoms with Gasteiger partial charge >= 0.3 is 0 Å². The van der Waals surface area contributed by atoms with Crippen molar-refractivity contribution in [3.05, 3.63) is 83.7 Å². The number of thiazole rings is 1. The zero-order valence-corrected chi connectivity index (χ0v) is 23.4. The largest absolute Gasteiger partial charge is 0.380 e. The number of hydrogen-bond donors (Lipinski definition) is 4. The molecule has 0 saturated carbocycles. The number of amides is 2. The zero-order valence-electron chi connectivity index (χ0n) is 22.6. The van der Waals surface area contributed by atoms with Crippen LogP contribution >= 0.6 is 11.3 Å². The average molecular weight is 563 g/mol. The molecule has 6 atom stereocenters. The van der Waals surface area contributed by atoms with Gasteiger partial charge in [0.2, 0.25) is 0 Å². The fourth-order valence-electron chi connectivity index (χ4n) is 5.23. The minimum atomic E-state index is -1.93.